The predicted octanol–water partition coefficient (Wildman–Crippen LogP) is 0.986. The third-order valence-electron chi connectivity index (χ3n) is 3.49. The number of ether oxygens (including phenoxy) is 2. The molecule has 1 aromatic rings. The minimum Gasteiger partial charge on any atom is -0.493 e. The standard InChI is InChI=1S/C15H23N3O3/c1-4-21-13-6-5-12(11-14(13)20-3)15(19)16-18-9-7-17(2)8-10-18/h5-6,11H,4,7-10H2,1-3H3,(H,16,19). The third-order valence-corrected chi connectivity index (χ3v) is 3.49. The summed E-state index contributed by atoms with van der Waals surface area (Å²) in [6.45, 7) is 6.03. The van der Waals surface area contributed by atoms with Crippen LogP contribution in [0.15, 0.2) is 18.2 Å². The van der Waals surface area contributed by atoms with Crippen LogP contribution >= 0.6 is 0 Å². The van der Waals surface area contributed by atoms with Crippen molar-refractivity contribution in [3.63, 3.8) is 0 Å². The molecule has 1 aliphatic rings. The van der Waals surface area contributed by atoms with E-state index in [1.165, 1.54) is 0 Å². The zero-order chi connectivity index (χ0) is 15.2. The van der Waals surface area contributed by atoms with Crippen LogP contribution in [0, 0.1) is 0 Å². The van der Waals surface area contributed by atoms with Crippen molar-refractivity contribution in [3.8, 4) is 11.5 Å². The van der Waals surface area contributed by atoms with Crippen LogP contribution in [0.1, 0.15) is 17.3 Å². The molecular formula is C15H23N3O3. The number of nitrogens with zero attached hydrogens (tertiary/aromatic N) is 2. The summed E-state index contributed by atoms with van der Waals surface area (Å²) in [5, 5.41) is 1.95. The Bertz CT molecular complexity index is 485. The summed E-state index contributed by atoms with van der Waals surface area (Å²) < 4.78 is 10.7. The van der Waals surface area contributed by atoms with Gasteiger partial charge in [0.15, 0.2) is 11.5 Å². The Balaban J connectivity index is 2.02. The highest BCUT2D eigenvalue weighted by Gasteiger charge is 2.17. The first kappa shape index (κ1) is 15.6. The Morgan fingerprint density at radius 3 is 2.57 bits per heavy atom. The van der Waals surface area contributed by atoms with Gasteiger partial charge in [-0.25, -0.2) is 5.01 Å². The first-order chi connectivity index (χ1) is 10.1. The Morgan fingerprint density at radius 2 is 1.95 bits per heavy atom. The van der Waals surface area contributed by atoms with E-state index < -0.39 is 0 Å². The number of rotatable bonds is 5. The van der Waals surface area contributed by atoms with Crippen LogP contribution in [0.4, 0.5) is 0 Å². The molecule has 0 aromatic heterocycles. The van der Waals surface area contributed by atoms with Crippen LogP contribution < -0.4 is 14.9 Å². The molecule has 0 aliphatic carbocycles. The molecule has 0 atom stereocenters. The predicted molar refractivity (Wildman–Crippen MR) is 80.7 cm³/mol. The minimum absolute atomic E-state index is 0.124. The second-order valence-electron chi connectivity index (χ2n) is 5.03. The Kier molecular flexibility index (Phi) is 5.41. The van der Waals surface area contributed by atoms with Gasteiger partial charge in [0.2, 0.25) is 0 Å². The molecule has 1 aliphatic heterocycles. The molecule has 1 fully saturated rings. The van der Waals surface area contributed by atoms with Crippen LogP contribution in [-0.4, -0.2) is 62.8 Å². The van der Waals surface area contributed by atoms with E-state index in [1.54, 1.807) is 25.3 Å². The molecule has 0 radical (unpaired) electrons. The van der Waals surface area contributed by atoms with Gasteiger partial charge in [-0.1, -0.05) is 0 Å². The number of hydrazine groups is 1. The number of nitrogens with one attached hydrogen (secondary N) is 1. The number of carbonyl (C=O) groups is 1. The molecule has 21 heavy (non-hydrogen) atoms. The van der Waals surface area contributed by atoms with E-state index in [9.17, 15) is 4.79 Å². The van der Waals surface area contributed by atoms with Crippen molar-refractivity contribution in [1.82, 2.24) is 15.3 Å². The van der Waals surface area contributed by atoms with Gasteiger partial charge in [-0.05, 0) is 32.2 Å². The molecule has 1 amide bonds. The molecule has 1 aromatic carbocycles. The molecule has 1 N–H and O–H groups in total. The highest BCUT2D eigenvalue weighted by atomic mass is 16.5. The van der Waals surface area contributed by atoms with Gasteiger partial charge in [-0.3, -0.25) is 10.2 Å². The lowest BCUT2D eigenvalue weighted by Gasteiger charge is -2.32. The fourth-order valence-electron chi connectivity index (χ4n) is 2.21. The summed E-state index contributed by atoms with van der Waals surface area (Å²) in [7, 11) is 3.65. The molecule has 6 heteroatoms. The lowest BCUT2D eigenvalue weighted by molar-refractivity contribution is 0.0662. The second-order valence-corrected chi connectivity index (χ2v) is 5.03. The summed E-state index contributed by atoms with van der Waals surface area (Å²) in [6.07, 6.45) is 0. The van der Waals surface area contributed by atoms with Gasteiger partial charge >= 0.3 is 0 Å². The maximum Gasteiger partial charge on any atom is 0.265 e. The van der Waals surface area contributed by atoms with Gasteiger partial charge < -0.3 is 14.4 Å². The first-order valence-electron chi connectivity index (χ1n) is 7.19. The fraction of sp³-hybridized carbons (Fsp3) is 0.533. The van der Waals surface area contributed by atoms with Crippen LogP contribution in [0.2, 0.25) is 0 Å². The number of methoxy groups -OCH3 is 1. The van der Waals surface area contributed by atoms with Crippen molar-refractivity contribution in [2.75, 3.05) is 46.9 Å². The van der Waals surface area contributed by atoms with Crippen molar-refractivity contribution >= 4 is 5.91 Å². The van der Waals surface area contributed by atoms with E-state index in [1.807, 2.05) is 11.9 Å². The molecule has 0 unspecified atom stereocenters. The summed E-state index contributed by atoms with van der Waals surface area (Å²) in [5.74, 6) is 1.10. The smallest absolute Gasteiger partial charge is 0.265 e. The van der Waals surface area contributed by atoms with E-state index in [2.05, 4.69) is 17.4 Å². The average molecular weight is 293 g/mol. The normalized spacial score (nSPS) is 16.5. The average Bonchev–Trinajstić information content (AvgIpc) is 2.50. The Morgan fingerprint density at radius 1 is 1.24 bits per heavy atom. The SMILES string of the molecule is CCOc1ccc(C(=O)NN2CCN(C)CC2)cc1OC. The van der Waals surface area contributed by atoms with Crippen LogP contribution in [-0.2, 0) is 0 Å². The maximum atomic E-state index is 12.3. The third kappa shape index (κ3) is 4.09. The quantitative estimate of drug-likeness (QED) is 0.877. The van der Waals surface area contributed by atoms with E-state index in [0.717, 1.165) is 26.2 Å². The van der Waals surface area contributed by atoms with E-state index in [-0.39, 0.29) is 5.91 Å². The van der Waals surface area contributed by atoms with Crippen LogP contribution in [0.3, 0.4) is 0 Å². The van der Waals surface area contributed by atoms with Gasteiger partial charge in [0.05, 0.1) is 13.7 Å². The lowest BCUT2D eigenvalue weighted by Crippen LogP contribution is -2.52. The minimum atomic E-state index is -0.124. The summed E-state index contributed by atoms with van der Waals surface area (Å²) >= 11 is 0. The summed E-state index contributed by atoms with van der Waals surface area (Å²) in [6, 6.07) is 5.22. The zero-order valence-electron chi connectivity index (χ0n) is 12.9. The van der Waals surface area contributed by atoms with Gasteiger partial charge in [-0.15, -0.1) is 0 Å². The number of piperazine rings is 1. The van der Waals surface area contributed by atoms with Crippen molar-refractivity contribution in [1.29, 1.82) is 0 Å². The number of likely N-dealkylation sites (N-methyl/N-ethyl adjacent to an activating group) is 1. The number of hydrogen-bond acceptors (Lipinski definition) is 5. The van der Waals surface area contributed by atoms with Gasteiger partial charge in [-0.2, -0.15) is 0 Å². The number of benzene rings is 1. The molecule has 116 valence electrons. The molecule has 0 spiro atoms. The van der Waals surface area contributed by atoms with Crippen LogP contribution in [0.25, 0.3) is 0 Å². The highest BCUT2D eigenvalue weighted by molar-refractivity contribution is 5.94. The molecule has 1 heterocycles. The summed E-state index contributed by atoms with van der Waals surface area (Å²) in [4.78, 5) is 14.5. The van der Waals surface area contributed by atoms with Gasteiger partial charge in [0.1, 0.15) is 0 Å². The Hall–Kier alpha value is -1.79. The van der Waals surface area contributed by atoms with Crippen molar-refractivity contribution in [2.24, 2.45) is 0 Å². The monoisotopic (exact) mass is 293 g/mol. The van der Waals surface area contributed by atoms with E-state index in [0.29, 0.717) is 23.7 Å². The Labute approximate surface area is 125 Å². The zero-order valence-corrected chi connectivity index (χ0v) is 12.9. The second kappa shape index (κ2) is 7.28. The number of carbonyl (C=O) groups excluding carboxylic acids is 1. The van der Waals surface area contributed by atoms with Gasteiger partial charge in [0.25, 0.3) is 5.91 Å². The first-order valence-corrected chi connectivity index (χ1v) is 7.19. The molecule has 6 nitrogen and oxygen atoms in total. The van der Waals surface area contributed by atoms with Crippen LogP contribution in [0.5, 0.6) is 11.5 Å². The highest BCUT2D eigenvalue weighted by Crippen LogP contribution is 2.28. The summed E-state index contributed by atoms with van der Waals surface area (Å²) in [5.41, 5.74) is 3.49. The van der Waals surface area contributed by atoms with Crippen molar-refractivity contribution in [2.45, 2.75) is 6.92 Å². The molecule has 0 saturated carbocycles. The number of hydrogen-bond donors (Lipinski definition) is 1. The van der Waals surface area contributed by atoms with Crippen molar-refractivity contribution < 1.29 is 14.3 Å². The molecule has 1 saturated heterocycles. The lowest BCUT2D eigenvalue weighted by atomic mass is 10.2. The molecule has 2 rings (SSSR count). The topological polar surface area (TPSA) is 54.0 Å². The maximum absolute atomic E-state index is 12.3. The molecule has 0 bridgehead atoms. The fourth-order valence-corrected chi connectivity index (χ4v) is 2.21. The largest absolute Gasteiger partial charge is 0.493 e. The van der Waals surface area contributed by atoms with Crippen molar-refractivity contribution in [3.05, 3.63) is 23.8 Å². The molecular weight excluding hydrogens is 270 g/mol. The number of amides is 1. The van der Waals surface area contributed by atoms with E-state index in [4.69, 9.17) is 9.47 Å². The van der Waals surface area contributed by atoms with E-state index >= 15 is 0 Å². The van der Waals surface area contributed by atoms with Gasteiger partial charge in [0, 0.05) is 31.7 Å².